The molecule has 0 radical (unpaired) electrons. The number of hydrogen-bond acceptors (Lipinski definition) is 6. The fourth-order valence-corrected chi connectivity index (χ4v) is 2.55. The van der Waals surface area contributed by atoms with Crippen molar-refractivity contribution in [3.8, 4) is 11.5 Å². The molecule has 158 valence electrons. The summed E-state index contributed by atoms with van der Waals surface area (Å²) in [7, 11) is 4.98. The van der Waals surface area contributed by atoms with Gasteiger partial charge < -0.3 is 31.3 Å². The van der Waals surface area contributed by atoms with Crippen molar-refractivity contribution in [3.05, 3.63) is 59.7 Å². The molecule has 2 aromatic carbocycles. The zero-order chi connectivity index (χ0) is 21.8. The highest BCUT2D eigenvalue weighted by molar-refractivity contribution is 5.81. The Kier molecular flexibility index (Phi) is 10.2. The Balaban J connectivity index is 0.000000291. The minimum Gasteiger partial charge on any atom is -0.508 e. The number of hydrogen-bond donors (Lipinski definition) is 6. The van der Waals surface area contributed by atoms with Gasteiger partial charge in [-0.25, -0.2) is 0 Å². The molecule has 2 unspecified atom stereocenters. The number of phenolic OH excluding ortho intramolecular Hbond substituents is 2. The quantitative estimate of drug-likeness (QED) is 0.386. The van der Waals surface area contributed by atoms with Gasteiger partial charge in [-0.15, -0.1) is 0 Å². The lowest BCUT2D eigenvalue weighted by atomic mass is 10.1. The normalized spacial score (nSPS) is 12.2. The summed E-state index contributed by atoms with van der Waals surface area (Å²) < 4.78 is 0. The Bertz CT molecular complexity index is 763. The van der Waals surface area contributed by atoms with Crippen LogP contribution in [0.25, 0.3) is 0 Å². The summed E-state index contributed by atoms with van der Waals surface area (Å²) in [6.45, 7) is 0. The van der Waals surface area contributed by atoms with Crippen LogP contribution >= 0.6 is 0 Å². The molecule has 0 aliphatic rings. The molecule has 0 heterocycles. The second-order valence-corrected chi connectivity index (χ2v) is 6.38. The van der Waals surface area contributed by atoms with Crippen molar-refractivity contribution in [2.75, 3.05) is 21.1 Å². The maximum Gasteiger partial charge on any atom is 0.321 e. The third kappa shape index (κ3) is 8.63. The Morgan fingerprint density at radius 1 is 0.759 bits per heavy atom. The first-order chi connectivity index (χ1) is 13.8. The van der Waals surface area contributed by atoms with E-state index >= 15 is 0 Å². The van der Waals surface area contributed by atoms with Gasteiger partial charge in [0.25, 0.3) is 0 Å². The molecule has 0 saturated heterocycles. The van der Waals surface area contributed by atoms with E-state index in [9.17, 15) is 9.59 Å². The molecule has 2 rings (SSSR count). The molecule has 0 aliphatic carbocycles. The van der Waals surface area contributed by atoms with Crippen molar-refractivity contribution in [1.29, 1.82) is 0 Å². The minimum absolute atomic E-state index is 0.0365. The zero-order valence-electron chi connectivity index (χ0n) is 16.8. The van der Waals surface area contributed by atoms with Crippen LogP contribution in [0.5, 0.6) is 11.5 Å². The van der Waals surface area contributed by atoms with Crippen molar-refractivity contribution in [2.45, 2.75) is 24.9 Å². The van der Waals surface area contributed by atoms with E-state index in [1.54, 1.807) is 57.5 Å². The summed E-state index contributed by atoms with van der Waals surface area (Å²) in [6, 6.07) is 12.5. The van der Waals surface area contributed by atoms with E-state index in [0.29, 0.717) is 12.8 Å². The standard InChI is InChI=1S/C11H16N2O2.C10H13NO3/c1-12-10(11(15)13-2)7-8-3-5-9(14)6-4-8;1-11-9(10(13)14)6-7-2-4-8(12)5-3-7/h3-6,10,12,14H,7H2,1-2H3,(H,13,15);2-5,9,11-12H,6H2,1H3,(H,13,14). The van der Waals surface area contributed by atoms with E-state index in [1.165, 1.54) is 0 Å². The fourth-order valence-electron chi connectivity index (χ4n) is 2.55. The van der Waals surface area contributed by atoms with Crippen LogP contribution in [0.2, 0.25) is 0 Å². The van der Waals surface area contributed by atoms with Gasteiger partial charge in [-0.1, -0.05) is 24.3 Å². The molecule has 6 N–H and O–H groups in total. The SMILES string of the molecule is CNC(=O)C(Cc1ccc(O)cc1)NC.CNC(Cc1ccc(O)cc1)C(=O)O. The van der Waals surface area contributed by atoms with Gasteiger partial charge >= 0.3 is 5.97 Å². The van der Waals surface area contributed by atoms with Crippen molar-refractivity contribution < 1.29 is 24.9 Å². The molecule has 0 spiro atoms. The third-order valence-electron chi connectivity index (χ3n) is 4.31. The molecular formula is C21H29N3O5. The van der Waals surface area contributed by atoms with Crippen LogP contribution < -0.4 is 16.0 Å². The van der Waals surface area contributed by atoms with Crippen molar-refractivity contribution in [2.24, 2.45) is 0 Å². The van der Waals surface area contributed by atoms with Gasteiger partial charge in [0, 0.05) is 7.05 Å². The lowest BCUT2D eigenvalue weighted by Crippen LogP contribution is -2.42. The van der Waals surface area contributed by atoms with Crippen LogP contribution in [-0.4, -0.2) is 60.4 Å². The number of amides is 1. The predicted molar refractivity (Wildman–Crippen MR) is 111 cm³/mol. The second kappa shape index (κ2) is 12.4. The number of rotatable bonds is 8. The first-order valence-electron chi connectivity index (χ1n) is 9.15. The van der Waals surface area contributed by atoms with Gasteiger partial charge in [-0.3, -0.25) is 9.59 Å². The van der Waals surface area contributed by atoms with Gasteiger partial charge in [0.05, 0.1) is 6.04 Å². The number of phenols is 2. The number of carbonyl (C=O) groups is 2. The molecule has 8 heteroatoms. The van der Waals surface area contributed by atoms with Gasteiger partial charge in [0.2, 0.25) is 5.91 Å². The van der Waals surface area contributed by atoms with Crippen molar-refractivity contribution in [3.63, 3.8) is 0 Å². The largest absolute Gasteiger partial charge is 0.508 e. The summed E-state index contributed by atoms with van der Waals surface area (Å²) in [5.41, 5.74) is 1.89. The van der Waals surface area contributed by atoms with Crippen molar-refractivity contribution in [1.82, 2.24) is 16.0 Å². The van der Waals surface area contributed by atoms with E-state index in [2.05, 4.69) is 16.0 Å². The molecule has 0 saturated carbocycles. The summed E-state index contributed by atoms with van der Waals surface area (Å²) in [6.07, 6.45) is 1.02. The summed E-state index contributed by atoms with van der Waals surface area (Å²) in [5, 5.41) is 35.2. The highest BCUT2D eigenvalue weighted by atomic mass is 16.4. The summed E-state index contributed by atoms with van der Waals surface area (Å²) in [4.78, 5) is 22.1. The molecule has 0 aliphatic heterocycles. The number of carboxylic acids is 1. The first-order valence-corrected chi connectivity index (χ1v) is 9.15. The van der Waals surface area contributed by atoms with Crippen LogP contribution in [-0.2, 0) is 22.4 Å². The van der Waals surface area contributed by atoms with Gasteiger partial charge in [0.1, 0.15) is 17.5 Å². The Labute approximate surface area is 170 Å². The van der Waals surface area contributed by atoms with E-state index in [0.717, 1.165) is 11.1 Å². The Morgan fingerprint density at radius 2 is 1.14 bits per heavy atom. The van der Waals surface area contributed by atoms with E-state index in [4.69, 9.17) is 15.3 Å². The second-order valence-electron chi connectivity index (χ2n) is 6.38. The molecule has 0 fully saturated rings. The number of benzene rings is 2. The number of nitrogens with one attached hydrogen (secondary N) is 3. The zero-order valence-corrected chi connectivity index (χ0v) is 16.8. The minimum atomic E-state index is -0.874. The van der Waals surface area contributed by atoms with Crippen LogP contribution in [0.1, 0.15) is 11.1 Å². The molecule has 29 heavy (non-hydrogen) atoms. The van der Waals surface area contributed by atoms with E-state index < -0.39 is 12.0 Å². The Hall–Kier alpha value is -3.10. The van der Waals surface area contributed by atoms with Gasteiger partial charge in [-0.05, 0) is 62.3 Å². The molecule has 0 aromatic heterocycles. The van der Waals surface area contributed by atoms with Crippen molar-refractivity contribution >= 4 is 11.9 Å². The van der Waals surface area contributed by atoms with E-state index in [1.807, 2.05) is 12.1 Å². The van der Waals surface area contributed by atoms with Gasteiger partial charge in [0.15, 0.2) is 0 Å². The molecule has 8 nitrogen and oxygen atoms in total. The van der Waals surface area contributed by atoms with E-state index in [-0.39, 0.29) is 23.4 Å². The number of aliphatic carboxylic acids is 1. The predicted octanol–water partition coefficient (Wildman–Crippen LogP) is 0.876. The smallest absolute Gasteiger partial charge is 0.321 e. The lowest BCUT2D eigenvalue weighted by Gasteiger charge is -2.14. The number of likely N-dealkylation sites (N-methyl/N-ethyl adjacent to an activating group) is 3. The number of carbonyl (C=O) groups excluding carboxylic acids is 1. The maximum atomic E-state index is 11.4. The monoisotopic (exact) mass is 403 g/mol. The maximum absolute atomic E-state index is 11.4. The molecule has 1 amide bonds. The highest BCUT2D eigenvalue weighted by Crippen LogP contribution is 2.12. The highest BCUT2D eigenvalue weighted by Gasteiger charge is 2.15. The molecular weight excluding hydrogens is 374 g/mol. The topological polar surface area (TPSA) is 131 Å². The molecule has 0 bridgehead atoms. The van der Waals surface area contributed by atoms with Crippen LogP contribution in [0.3, 0.4) is 0 Å². The number of carboxylic acid groups (broad SMARTS) is 1. The molecule has 2 aromatic rings. The first kappa shape index (κ1) is 23.9. The summed E-state index contributed by atoms with van der Waals surface area (Å²) >= 11 is 0. The molecule has 2 atom stereocenters. The van der Waals surface area contributed by atoms with Crippen LogP contribution in [0.15, 0.2) is 48.5 Å². The summed E-state index contributed by atoms with van der Waals surface area (Å²) in [5.74, 6) is -0.490. The van der Waals surface area contributed by atoms with Crippen LogP contribution in [0, 0.1) is 0 Å². The average molecular weight is 403 g/mol. The third-order valence-corrected chi connectivity index (χ3v) is 4.31. The lowest BCUT2D eigenvalue weighted by molar-refractivity contribution is -0.139. The van der Waals surface area contributed by atoms with Crippen LogP contribution in [0.4, 0.5) is 0 Å². The average Bonchev–Trinajstić information content (AvgIpc) is 2.72. The fraction of sp³-hybridized carbons (Fsp3) is 0.333. The van der Waals surface area contributed by atoms with Gasteiger partial charge in [-0.2, -0.15) is 0 Å². The number of aromatic hydroxyl groups is 2. The Morgan fingerprint density at radius 3 is 1.45 bits per heavy atom.